The molecule has 3 rings (SSSR count). The van der Waals surface area contributed by atoms with E-state index in [0.29, 0.717) is 28.5 Å². The largest absolute Gasteiger partial charge is 0.377 e. The highest BCUT2D eigenvalue weighted by molar-refractivity contribution is 5.79. The Bertz CT molecular complexity index is 820. The van der Waals surface area contributed by atoms with Crippen molar-refractivity contribution in [3.8, 4) is 6.07 Å². The van der Waals surface area contributed by atoms with Crippen LogP contribution in [0.2, 0.25) is 0 Å². The van der Waals surface area contributed by atoms with Crippen LogP contribution < -0.4 is 21.5 Å². The molecule has 124 valence electrons. The fourth-order valence-electron chi connectivity index (χ4n) is 3.40. The van der Waals surface area contributed by atoms with Crippen molar-refractivity contribution in [2.75, 3.05) is 10.6 Å². The standard InChI is InChI=1S/C19H21N3O2/c1-12(14-5-3-2-4-6-14)21-16-17(19(24)18(16)23)22-15-9-7-13(11-20)8-10-15/h7-10,12,14,21-22H,2-6H2,1H3/t12-/m0/s1. The highest BCUT2D eigenvalue weighted by Gasteiger charge is 2.26. The maximum Gasteiger partial charge on any atom is 0.253 e. The van der Waals surface area contributed by atoms with E-state index in [0.717, 1.165) is 0 Å². The maximum absolute atomic E-state index is 11.9. The lowest BCUT2D eigenvalue weighted by atomic mass is 9.84. The number of nitrogens with zero attached hydrogens (tertiary/aromatic N) is 1. The first-order valence-corrected chi connectivity index (χ1v) is 8.47. The van der Waals surface area contributed by atoms with Gasteiger partial charge in [-0.1, -0.05) is 19.3 Å². The Morgan fingerprint density at radius 1 is 1.04 bits per heavy atom. The normalized spacial score (nSPS) is 16.5. The topological polar surface area (TPSA) is 82.0 Å². The quantitative estimate of drug-likeness (QED) is 0.825. The number of rotatable bonds is 5. The molecule has 0 bridgehead atoms. The average Bonchev–Trinajstić information content (AvgIpc) is 2.65. The molecular weight excluding hydrogens is 302 g/mol. The van der Waals surface area contributed by atoms with Gasteiger partial charge in [0.15, 0.2) is 0 Å². The second-order valence-corrected chi connectivity index (χ2v) is 6.55. The molecule has 0 aromatic heterocycles. The molecule has 1 saturated carbocycles. The Morgan fingerprint density at radius 3 is 2.29 bits per heavy atom. The van der Waals surface area contributed by atoms with E-state index in [9.17, 15) is 9.59 Å². The van der Waals surface area contributed by atoms with Crippen molar-refractivity contribution < 1.29 is 0 Å². The van der Waals surface area contributed by atoms with Crippen LogP contribution >= 0.6 is 0 Å². The van der Waals surface area contributed by atoms with Crippen LogP contribution in [0.4, 0.5) is 17.1 Å². The van der Waals surface area contributed by atoms with E-state index in [-0.39, 0.29) is 6.04 Å². The van der Waals surface area contributed by atoms with Crippen molar-refractivity contribution in [3.63, 3.8) is 0 Å². The summed E-state index contributed by atoms with van der Waals surface area (Å²) in [6.07, 6.45) is 6.09. The Hall–Kier alpha value is -2.61. The van der Waals surface area contributed by atoms with Crippen LogP contribution in [-0.2, 0) is 0 Å². The van der Waals surface area contributed by atoms with Gasteiger partial charge in [0, 0.05) is 11.7 Å². The van der Waals surface area contributed by atoms with E-state index in [1.807, 2.05) is 6.07 Å². The summed E-state index contributed by atoms with van der Waals surface area (Å²) in [5, 5.41) is 15.1. The molecule has 1 aliphatic carbocycles. The molecule has 0 radical (unpaired) electrons. The van der Waals surface area contributed by atoms with Crippen molar-refractivity contribution >= 4 is 17.1 Å². The van der Waals surface area contributed by atoms with Gasteiger partial charge in [0.25, 0.3) is 10.9 Å². The molecule has 0 heterocycles. The minimum absolute atomic E-state index is 0.176. The summed E-state index contributed by atoms with van der Waals surface area (Å²) in [6, 6.07) is 9.02. The van der Waals surface area contributed by atoms with Crippen LogP contribution in [0, 0.1) is 17.2 Å². The summed E-state index contributed by atoms with van der Waals surface area (Å²) >= 11 is 0. The molecule has 24 heavy (non-hydrogen) atoms. The van der Waals surface area contributed by atoms with Gasteiger partial charge in [0.05, 0.1) is 11.6 Å². The highest BCUT2D eigenvalue weighted by atomic mass is 16.2. The van der Waals surface area contributed by atoms with Crippen LogP contribution in [0.5, 0.6) is 0 Å². The minimum atomic E-state index is -0.488. The zero-order chi connectivity index (χ0) is 17.1. The Balaban J connectivity index is 1.73. The van der Waals surface area contributed by atoms with Crippen molar-refractivity contribution in [2.45, 2.75) is 45.1 Å². The molecule has 5 nitrogen and oxygen atoms in total. The summed E-state index contributed by atoms with van der Waals surface area (Å²) in [5.41, 5.74) is 1.02. The smallest absolute Gasteiger partial charge is 0.253 e. The van der Waals surface area contributed by atoms with Crippen LogP contribution in [0.3, 0.4) is 0 Å². The van der Waals surface area contributed by atoms with E-state index < -0.39 is 10.9 Å². The van der Waals surface area contributed by atoms with Gasteiger partial charge in [-0.15, -0.1) is 0 Å². The first kappa shape index (κ1) is 16.3. The van der Waals surface area contributed by atoms with Crippen LogP contribution in [0.1, 0.15) is 44.6 Å². The zero-order valence-corrected chi connectivity index (χ0v) is 13.8. The Morgan fingerprint density at radius 2 is 1.67 bits per heavy atom. The molecule has 0 spiro atoms. The number of hydrogen-bond acceptors (Lipinski definition) is 5. The van der Waals surface area contributed by atoms with Crippen LogP contribution in [0.25, 0.3) is 0 Å². The zero-order valence-electron chi connectivity index (χ0n) is 13.8. The van der Waals surface area contributed by atoms with Gasteiger partial charge in [0.2, 0.25) is 0 Å². The minimum Gasteiger partial charge on any atom is -0.377 e. The molecule has 2 aromatic rings. The predicted molar refractivity (Wildman–Crippen MR) is 95.5 cm³/mol. The first-order valence-electron chi connectivity index (χ1n) is 8.47. The molecule has 0 unspecified atom stereocenters. The van der Waals surface area contributed by atoms with Gasteiger partial charge in [-0.25, -0.2) is 0 Å². The molecule has 0 amide bonds. The molecule has 5 heteroatoms. The molecule has 1 fully saturated rings. The molecule has 0 saturated heterocycles. The summed E-state index contributed by atoms with van der Waals surface area (Å²) in [6.45, 7) is 2.08. The molecule has 2 aromatic carbocycles. The van der Waals surface area contributed by atoms with Crippen molar-refractivity contribution in [3.05, 3.63) is 50.3 Å². The predicted octanol–water partition coefficient (Wildman–Crippen LogP) is 3.28. The third kappa shape index (κ3) is 3.18. The van der Waals surface area contributed by atoms with Crippen LogP contribution in [0.15, 0.2) is 33.9 Å². The van der Waals surface area contributed by atoms with E-state index in [1.165, 1.54) is 32.1 Å². The van der Waals surface area contributed by atoms with E-state index in [2.05, 4.69) is 17.6 Å². The lowest BCUT2D eigenvalue weighted by Gasteiger charge is -2.29. The summed E-state index contributed by atoms with van der Waals surface area (Å²) < 4.78 is 0. The van der Waals surface area contributed by atoms with Gasteiger partial charge < -0.3 is 10.6 Å². The second-order valence-electron chi connectivity index (χ2n) is 6.55. The lowest BCUT2D eigenvalue weighted by molar-refractivity contribution is 0.328. The van der Waals surface area contributed by atoms with E-state index in [4.69, 9.17) is 5.26 Å². The maximum atomic E-state index is 11.9. The SMILES string of the molecule is C[C@H](Nc1c(Nc2ccc(C#N)cc2)c(=O)c1=O)C1CCCCC1. The number of hydrogen-bond donors (Lipinski definition) is 2. The number of nitrogens with one attached hydrogen (secondary N) is 2. The molecule has 0 aliphatic heterocycles. The lowest BCUT2D eigenvalue weighted by Crippen LogP contribution is -2.40. The summed E-state index contributed by atoms with van der Waals surface area (Å²) in [4.78, 5) is 23.8. The van der Waals surface area contributed by atoms with Crippen molar-refractivity contribution in [2.24, 2.45) is 5.92 Å². The third-order valence-electron chi connectivity index (χ3n) is 4.92. The van der Waals surface area contributed by atoms with Crippen molar-refractivity contribution in [1.82, 2.24) is 0 Å². The molecule has 1 atom stereocenters. The Labute approximate surface area is 141 Å². The second kappa shape index (κ2) is 6.88. The molecule has 2 N–H and O–H groups in total. The monoisotopic (exact) mass is 323 g/mol. The fraction of sp³-hybridized carbons (Fsp3) is 0.421. The number of nitriles is 1. The fourth-order valence-corrected chi connectivity index (χ4v) is 3.40. The number of anilines is 3. The van der Waals surface area contributed by atoms with Gasteiger partial charge in [-0.3, -0.25) is 9.59 Å². The summed E-state index contributed by atoms with van der Waals surface area (Å²) in [5.74, 6) is 0.547. The van der Waals surface area contributed by atoms with Crippen LogP contribution in [-0.4, -0.2) is 6.04 Å². The van der Waals surface area contributed by atoms with E-state index in [1.54, 1.807) is 24.3 Å². The molecule has 1 aliphatic rings. The third-order valence-corrected chi connectivity index (χ3v) is 4.92. The van der Waals surface area contributed by atoms with Gasteiger partial charge >= 0.3 is 0 Å². The highest BCUT2D eigenvalue weighted by Crippen LogP contribution is 2.29. The number of benzene rings is 1. The average molecular weight is 323 g/mol. The van der Waals surface area contributed by atoms with Gasteiger partial charge in [0.1, 0.15) is 11.4 Å². The first-order chi connectivity index (χ1) is 11.6. The van der Waals surface area contributed by atoms with Gasteiger partial charge in [-0.05, 0) is 49.9 Å². The van der Waals surface area contributed by atoms with Gasteiger partial charge in [-0.2, -0.15) is 5.26 Å². The van der Waals surface area contributed by atoms with E-state index >= 15 is 0 Å². The summed E-state index contributed by atoms with van der Waals surface area (Å²) in [7, 11) is 0. The van der Waals surface area contributed by atoms with Crippen molar-refractivity contribution in [1.29, 1.82) is 5.26 Å². The molecular formula is C19H21N3O2. The Kier molecular flexibility index (Phi) is 4.66.